The highest BCUT2D eigenvalue weighted by Gasteiger charge is 2.25. The van der Waals surface area contributed by atoms with Crippen molar-refractivity contribution in [2.45, 2.75) is 65.5 Å². The number of hydrogen-bond acceptors (Lipinski definition) is 3. The Bertz CT molecular complexity index is 444. The van der Waals surface area contributed by atoms with E-state index in [0.29, 0.717) is 6.04 Å². The summed E-state index contributed by atoms with van der Waals surface area (Å²) in [5.74, 6) is 1.91. The summed E-state index contributed by atoms with van der Waals surface area (Å²) in [5, 5.41) is 3.49. The van der Waals surface area contributed by atoms with Gasteiger partial charge in [-0.15, -0.1) is 0 Å². The summed E-state index contributed by atoms with van der Waals surface area (Å²) in [7, 11) is 2.22. The Labute approximate surface area is 130 Å². The maximum atomic E-state index is 4.77. The van der Waals surface area contributed by atoms with E-state index < -0.39 is 0 Å². The molecule has 1 aromatic heterocycles. The molecule has 0 spiro atoms. The van der Waals surface area contributed by atoms with Crippen LogP contribution in [0.15, 0.2) is 12.1 Å². The van der Waals surface area contributed by atoms with Gasteiger partial charge in [-0.05, 0) is 56.3 Å². The molecule has 1 saturated carbocycles. The second-order valence-corrected chi connectivity index (χ2v) is 6.59. The lowest BCUT2D eigenvalue weighted by atomic mass is 9.85. The maximum absolute atomic E-state index is 4.77. The Morgan fingerprint density at radius 2 is 2.05 bits per heavy atom. The normalized spacial score (nSPS) is 22.3. The molecule has 21 heavy (non-hydrogen) atoms. The van der Waals surface area contributed by atoms with Gasteiger partial charge in [0.2, 0.25) is 0 Å². The highest BCUT2D eigenvalue weighted by molar-refractivity contribution is 5.43. The molecule has 1 fully saturated rings. The van der Waals surface area contributed by atoms with E-state index in [1.54, 1.807) is 0 Å². The molecule has 3 heteroatoms. The summed E-state index contributed by atoms with van der Waals surface area (Å²) in [6.45, 7) is 8.71. The van der Waals surface area contributed by atoms with Crippen molar-refractivity contribution in [3.63, 3.8) is 0 Å². The lowest BCUT2D eigenvalue weighted by Crippen LogP contribution is -2.39. The van der Waals surface area contributed by atoms with Gasteiger partial charge in [0.1, 0.15) is 5.82 Å². The largest absolute Gasteiger partial charge is 0.356 e. The van der Waals surface area contributed by atoms with Crippen LogP contribution >= 0.6 is 0 Å². The van der Waals surface area contributed by atoms with Crippen LogP contribution in [0.1, 0.15) is 57.2 Å². The van der Waals surface area contributed by atoms with Crippen molar-refractivity contribution in [1.29, 1.82) is 0 Å². The summed E-state index contributed by atoms with van der Waals surface area (Å²) in [4.78, 5) is 7.19. The van der Waals surface area contributed by atoms with Crippen LogP contribution in [0.2, 0.25) is 0 Å². The van der Waals surface area contributed by atoms with Crippen LogP contribution in [0.5, 0.6) is 0 Å². The fourth-order valence-corrected chi connectivity index (χ4v) is 3.46. The zero-order chi connectivity index (χ0) is 15.2. The second-order valence-electron chi connectivity index (χ2n) is 6.59. The molecule has 1 aliphatic carbocycles. The Morgan fingerprint density at radius 1 is 1.29 bits per heavy atom. The molecule has 1 aromatic rings. The molecule has 0 amide bonds. The van der Waals surface area contributed by atoms with E-state index in [2.05, 4.69) is 50.2 Å². The SMILES string of the molecule is CCCNCc1cc(C)nc(N(C)C2CCCCC2C)c1. The van der Waals surface area contributed by atoms with Gasteiger partial charge in [0.05, 0.1) is 0 Å². The predicted octanol–water partition coefficient (Wildman–Crippen LogP) is 3.90. The molecule has 2 rings (SSSR count). The average Bonchev–Trinajstić information content (AvgIpc) is 2.47. The first-order chi connectivity index (χ1) is 10.1. The molecule has 0 bridgehead atoms. The van der Waals surface area contributed by atoms with Gasteiger partial charge in [-0.3, -0.25) is 0 Å². The topological polar surface area (TPSA) is 28.2 Å². The molecule has 0 saturated heterocycles. The van der Waals surface area contributed by atoms with E-state index >= 15 is 0 Å². The smallest absolute Gasteiger partial charge is 0.129 e. The third-order valence-corrected chi connectivity index (χ3v) is 4.68. The van der Waals surface area contributed by atoms with Gasteiger partial charge in [0.15, 0.2) is 0 Å². The van der Waals surface area contributed by atoms with Gasteiger partial charge in [-0.1, -0.05) is 26.7 Å². The number of pyridine rings is 1. The van der Waals surface area contributed by atoms with Crippen LogP contribution in [0.4, 0.5) is 5.82 Å². The third kappa shape index (κ3) is 4.44. The molecule has 0 aliphatic heterocycles. The number of anilines is 1. The standard InChI is InChI=1S/C18H31N3/c1-5-10-19-13-16-11-15(3)20-18(12-16)21(4)17-9-7-6-8-14(17)2/h11-12,14,17,19H,5-10,13H2,1-4H3. The number of aromatic nitrogens is 1. The molecule has 3 nitrogen and oxygen atoms in total. The number of rotatable bonds is 6. The minimum Gasteiger partial charge on any atom is -0.356 e. The second kappa shape index (κ2) is 7.79. The molecule has 0 aromatic carbocycles. The van der Waals surface area contributed by atoms with Crippen LogP contribution < -0.4 is 10.2 Å². The molecule has 0 radical (unpaired) electrons. The van der Waals surface area contributed by atoms with E-state index in [0.717, 1.165) is 30.5 Å². The highest BCUT2D eigenvalue weighted by atomic mass is 15.2. The summed E-state index contributed by atoms with van der Waals surface area (Å²) < 4.78 is 0. The first-order valence-electron chi connectivity index (χ1n) is 8.53. The van der Waals surface area contributed by atoms with Crippen LogP contribution in [0, 0.1) is 12.8 Å². The quantitative estimate of drug-likeness (QED) is 0.805. The third-order valence-electron chi connectivity index (χ3n) is 4.68. The summed E-state index contributed by atoms with van der Waals surface area (Å²) in [5.41, 5.74) is 2.47. The summed E-state index contributed by atoms with van der Waals surface area (Å²) >= 11 is 0. The Morgan fingerprint density at radius 3 is 2.76 bits per heavy atom. The molecule has 1 N–H and O–H groups in total. The van der Waals surface area contributed by atoms with E-state index in [-0.39, 0.29) is 0 Å². The Balaban J connectivity index is 2.10. The average molecular weight is 289 g/mol. The number of hydrogen-bond donors (Lipinski definition) is 1. The molecular formula is C18H31N3. The summed E-state index contributed by atoms with van der Waals surface area (Å²) in [6.07, 6.45) is 6.58. The minimum atomic E-state index is 0.643. The molecule has 2 atom stereocenters. The molecule has 1 aliphatic rings. The van der Waals surface area contributed by atoms with Crippen molar-refractivity contribution in [3.05, 3.63) is 23.4 Å². The summed E-state index contributed by atoms with van der Waals surface area (Å²) in [6, 6.07) is 5.10. The van der Waals surface area contributed by atoms with Gasteiger partial charge in [-0.25, -0.2) is 4.98 Å². The highest BCUT2D eigenvalue weighted by Crippen LogP contribution is 2.30. The van der Waals surface area contributed by atoms with E-state index in [9.17, 15) is 0 Å². The fraction of sp³-hybridized carbons (Fsp3) is 0.722. The van der Waals surface area contributed by atoms with Gasteiger partial charge in [0.25, 0.3) is 0 Å². The van der Waals surface area contributed by atoms with Gasteiger partial charge in [-0.2, -0.15) is 0 Å². The van der Waals surface area contributed by atoms with Crippen molar-refractivity contribution in [2.24, 2.45) is 5.92 Å². The number of aryl methyl sites for hydroxylation is 1. The van der Waals surface area contributed by atoms with Gasteiger partial charge >= 0.3 is 0 Å². The maximum Gasteiger partial charge on any atom is 0.129 e. The minimum absolute atomic E-state index is 0.643. The first-order valence-corrected chi connectivity index (χ1v) is 8.53. The number of nitrogens with zero attached hydrogens (tertiary/aromatic N) is 2. The van der Waals surface area contributed by atoms with Crippen LogP contribution in [0.25, 0.3) is 0 Å². The van der Waals surface area contributed by atoms with Crippen molar-refractivity contribution in [2.75, 3.05) is 18.5 Å². The zero-order valence-electron chi connectivity index (χ0n) is 14.2. The molecule has 1 heterocycles. The Kier molecular flexibility index (Phi) is 6.04. The first kappa shape index (κ1) is 16.3. The van der Waals surface area contributed by atoms with Crippen molar-refractivity contribution in [1.82, 2.24) is 10.3 Å². The lowest BCUT2D eigenvalue weighted by Gasteiger charge is -2.37. The Hall–Kier alpha value is -1.09. The van der Waals surface area contributed by atoms with E-state index in [1.165, 1.54) is 37.7 Å². The molecule has 118 valence electrons. The van der Waals surface area contributed by atoms with E-state index in [1.807, 2.05) is 0 Å². The van der Waals surface area contributed by atoms with E-state index in [4.69, 9.17) is 4.98 Å². The number of nitrogens with one attached hydrogen (secondary N) is 1. The van der Waals surface area contributed by atoms with Crippen LogP contribution in [0.3, 0.4) is 0 Å². The molecular weight excluding hydrogens is 258 g/mol. The zero-order valence-corrected chi connectivity index (χ0v) is 14.2. The van der Waals surface area contributed by atoms with Crippen molar-refractivity contribution in [3.8, 4) is 0 Å². The van der Waals surface area contributed by atoms with Crippen molar-refractivity contribution >= 4 is 5.82 Å². The predicted molar refractivity (Wildman–Crippen MR) is 90.8 cm³/mol. The monoisotopic (exact) mass is 289 g/mol. The molecule has 2 unspecified atom stereocenters. The van der Waals surface area contributed by atoms with Crippen molar-refractivity contribution < 1.29 is 0 Å². The van der Waals surface area contributed by atoms with Crippen LogP contribution in [-0.2, 0) is 6.54 Å². The fourth-order valence-electron chi connectivity index (χ4n) is 3.46. The lowest BCUT2D eigenvalue weighted by molar-refractivity contribution is 0.320. The van der Waals surface area contributed by atoms with Gasteiger partial charge < -0.3 is 10.2 Å². The van der Waals surface area contributed by atoms with Gasteiger partial charge in [0, 0.05) is 25.3 Å². The van der Waals surface area contributed by atoms with Crippen LogP contribution in [-0.4, -0.2) is 24.6 Å².